The van der Waals surface area contributed by atoms with E-state index < -0.39 is 40.3 Å². The van der Waals surface area contributed by atoms with Crippen molar-refractivity contribution in [3.63, 3.8) is 0 Å². The Kier molecular flexibility index (Phi) is 7.91. The van der Waals surface area contributed by atoms with Gasteiger partial charge in [0.15, 0.2) is 0 Å². The average molecular weight is 437 g/mol. The first kappa shape index (κ1) is 23.3. The molecule has 0 radical (unpaired) electrons. The van der Waals surface area contributed by atoms with Crippen LogP contribution in [0.1, 0.15) is 38.2 Å². The van der Waals surface area contributed by atoms with Crippen LogP contribution in [-0.4, -0.2) is 61.5 Å². The molecule has 1 aliphatic rings. The van der Waals surface area contributed by atoms with E-state index in [2.05, 4.69) is 4.72 Å². The highest BCUT2D eigenvalue weighted by atomic mass is 32.2. The van der Waals surface area contributed by atoms with Crippen LogP contribution in [-0.2, 0) is 29.1 Å². The number of benzene rings is 1. The van der Waals surface area contributed by atoms with Crippen LogP contribution in [0.5, 0.6) is 0 Å². The Labute approximate surface area is 174 Å². The van der Waals surface area contributed by atoms with Crippen molar-refractivity contribution in [3.05, 3.63) is 29.8 Å². The molecule has 1 aliphatic carbocycles. The third-order valence-corrected chi connectivity index (χ3v) is 5.89. The number of amides is 1. The van der Waals surface area contributed by atoms with Crippen LogP contribution in [0.2, 0.25) is 0 Å². The summed E-state index contributed by atoms with van der Waals surface area (Å²) < 4.78 is 32.3. The van der Waals surface area contributed by atoms with E-state index in [-0.39, 0.29) is 36.1 Å². The second-order valence-electron chi connectivity index (χ2n) is 6.73. The highest BCUT2D eigenvalue weighted by Gasteiger charge is 2.38. The number of hydrogen-bond donors (Lipinski definition) is 2. The molecule has 0 aromatic heterocycles. The summed E-state index contributed by atoms with van der Waals surface area (Å²) in [6.07, 6.45) is 0.558. The number of rotatable bonds is 11. The Hall–Kier alpha value is -2.97. The standard InChI is InChI=1S/C19H23N3O7S/c1-2-29-18(25)9-10-22(14-5-6-14)19(26)16(11-17(23)24)21-30(27,28)15-7-3-13(12-20)4-8-15/h3-4,7-8,14,16,21H,2,5-6,9-11H2,1H3,(H,23,24)/t16-/m0/s1. The SMILES string of the molecule is CCOC(=O)CCN(C(=O)[C@H](CC(=O)O)NS(=O)(=O)c1ccc(C#N)cc1)C1CC1. The fourth-order valence-corrected chi connectivity index (χ4v) is 4.01. The maximum Gasteiger partial charge on any atom is 0.307 e. The normalized spacial score (nSPS) is 14.4. The van der Waals surface area contributed by atoms with E-state index in [4.69, 9.17) is 10.00 Å². The summed E-state index contributed by atoms with van der Waals surface area (Å²) in [4.78, 5) is 37.0. The summed E-state index contributed by atoms with van der Waals surface area (Å²) in [6, 6.07) is 5.17. The van der Waals surface area contributed by atoms with E-state index in [9.17, 15) is 27.9 Å². The van der Waals surface area contributed by atoms with Gasteiger partial charge in [0.1, 0.15) is 6.04 Å². The van der Waals surface area contributed by atoms with Gasteiger partial charge in [0.25, 0.3) is 0 Å². The van der Waals surface area contributed by atoms with Gasteiger partial charge in [0.2, 0.25) is 15.9 Å². The van der Waals surface area contributed by atoms with Crippen molar-refractivity contribution in [2.75, 3.05) is 13.2 Å². The number of nitriles is 1. The average Bonchev–Trinajstić information content (AvgIpc) is 3.52. The zero-order chi connectivity index (χ0) is 22.3. The zero-order valence-corrected chi connectivity index (χ0v) is 17.2. The third kappa shape index (κ3) is 6.53. The molecule has 10 nitrogen and oxygen atoms in total. The van der Waals surface area contributed by atoms with E-state index in [1.54, 1.807) is 6.92 Å². The molecule has 2 N–H and O–H groups in total. The van der Waals surface area contributed by atoms with Gasteiger partial charge in [0, 0.05) is 12.6 Å². The molecule has 1 amide bonds. The number of sulfonamides is 1. The van der Waals surface area contributed by atoms with E-state index in [1.165, 1.54) is 29.2 Å². The number of nitrogens with zero attached hydrogens (tertiary/aromatic N) is 2. The van der Waals surface area contributed by atoms with Crippen LogP contribution in [0.3, 0.4) is 0 Å². The van der Waals surface area contributed by atoms with Gasteiger partial charge >= 0.3 is 11.9 Å². The Morgan fingerprint density at radius 1 is 1.30 bits per heavy atom. The lowest BCUT2D eigenvalue weighted by atomic mass is 10.2. The number of carbonyl (C=O) groups excluding carboxylic acids is 2. The first-order chi connectivity index (χ1) is 14.2. The highest BCUT2D eigenvalue weighted by molar-refractivity contribution is 7.89. The molecule has 0 saturated heterocycles. The minimum absolute atomic E-state index is 0.0110. The number of esters is 1. The number of nitrogens with one attached hydrogen (secondary N) is 1. The molecule has 1 aromatic carbocycles. The van der Waals surface area contributed by atoms with Crippen LogP contribution in [0.15, 0.2) is 29.2 Å². The summed E-state index contributed by atoms with van der Waals surface area (Å²) in [5.74, 6) is -2.55. The maximum absolute atomic E-state index is 13.0. The fourth-order valence-electron chi connectivity index (χ4n) is 2.82. The number of hydrogen-bond acceptors (Lipinski definition) is 7. The van der Waals surface area contributed by atoms with Gasteiger partial charge in [-0.1, -0.05) is 0 Å². The second kappa shape index (κ2) is 10.2. The van der Waals surface area contributed by atoms with Crippen molar-refractivity contribution >= 4 is 27.9 Å². The van der Waals surface area contributed by atoms with Gasteiger partial charge in [0.05, 0.1) is 36.0 Å². The van der Waals surface area contributed by atoms with Crippen molar-refractivity contribution < 1.29 is 32.6 Å². The maximum atomic E-state index is 13.0. The second-order valence-corrected chi connectivity index (χ2v) is 8.44. The van der Waals surface area contributed by atoms with Crippen LogP contribution in [0, 0.1) is 11.3 Å². The van der Waals surface area contributed by atoms with Gasteiger partial charge in [-0.2, -0.15) is 9.98 Å². The van der Waals surface area contributed by atoms with Gasteiger partial charge in [-0.05, 0) is 44.0 Å². The first-order valence-corrected chi connectivity index (χ1v) is 10.9. The number of carboxylic acid groups (broad SMARTS) is 1. The molecule has 2 rings (SSSR count). The lowest BCUT2D eigenvalue weighted by molar-refractivity contribution is -0.146. The molecule has 30 heavy (non-hydrogen) atoms. The van der Waals surface area contributed by atoms with Crippen molar-refractivity contribution in [1.82, 2.24) is 9.62 Å². The quantitative estimate of drug-likeness (QED) is 0.478. The lowest BCUT2D eigenvalue weighted by Gasteiger charge is -2.27. The first-order valence-electron chi connectivity index (χ1n) is 9.38. The Bertz CT molecular complexity index is 934. The predicted molar refractivity (Wildman–Crippen MR) is 104 cm³/mol. The summed E-state index contributed by atoms with van der Waals surface area (Å²) >= 11 is 0. The molecule has 0 aliphatic heterocycles. The van der Waals surface area contributed by atoms with Gasteiger partial charge in [-0.25, -0.2) is 8.42 Å². The Morgan fingerprint density at radius 2 is 1.93 bits per heavy atom. The van der Waals surface area contributed by atoms with Crippen LogP contribution < -0.4 is 4.72 Å². The molecule has 1 atom stereocenters. The smallest absolute Gasteiger partial charge is 0.307 e. The third-order valence-electron chi connectivity index (χ3n) is 4.40. The van der Waals surface area contributed by atoms with Gasteiger partial charge in [-0.15, -0.1) is 0 Å². The van der Waals surface area contributed by atoms with Crippen molar-refractivity contribution in [2.24, 2.45) is 0 Å². The van der Waals surface area contributed by atoms with Crippen molar-refractivity contribution in [3.8, 4) is 6.07 Å². The van der Waals surface area contributed by atoms with Gasteiger partial charge in [-0.3, -0.25) is 14.4 Å². The lowest BCUT2D eigenvalue weighted by Crippen LogP contribution is -2.50. The van der Waals surface area contributed by atoms with E-state index in [0.717, 1.165) is 0 Å². The van der Waals surface area contributed by atoms with Crippen LogP contribution >= 0.6 is 0 Å². The Balaban J connectivity index is 2.19. The summed E-state index contributed by atoms with van der Waals surface area (Å²) in [6.45, 7) is 1.86. The highest BCUT2D eigenvalue weighted by Crippen LogP contribution is 2.28. The van der Waals surface area contributed by atoms with Crippen LogP contribution in [0.25, 0.3) is 0 Å². The number of aliphatic carboxylic acids is 1. The van der Waals surface area contributed by atoms with E-state index in [0.29, 0.717) is 12.8 Å². The molecule has 162 valence electrons. The summed E-state index contributed by atoms with van der Waals surface area (Å²) in [5, 5.41) is 18.0. The molecular formula is C19H23N3O7S. The predicted octanol–water partition coefficient (Wildman–Crippen LogP) is 0.624. The summed E-state index contributed by atoms with van der Waals surface area (Å²) in [7, 11) is -4.22. The largest absolute Gasteiger partial charge is 0.481 e. The molecule has 1 saturated carbocycles. The minimum atomic E-state index is -4.22. The molecule has 0 spiro atoms. The topological polar surface area (TPSA) is 154 Å². The number of carboxylic acids is 1. The molecule has 1 fully saturated rings. The monoisotopic (exact) mass is 437 g/mol. The molecule has 0 bridgehead atoms. The molecular weight excluding hydrogens is 414 g/mol. The van der Waals surface area contributed by atoms with E-state index >= 15 is 0 Å². The number of ether oxygens (including phenoxy) is 1. The van der Waals surface area contributed by atoms with E-state index in [1.807, 2.05) is 6.07 Å². The molecule has 0 heterocycles. The minimum Gasteiger partial charge on any atom is -0.481 e. The Morgan fingerprint density at radius 3 is 2.43 bits per heavy atom. The van der Waals surface area contributed by atoms with Crippen molar-refractivity contribution in [2.45, 2.75) is 49.6 Å². The molecule has 1 aromatic rings. The molecule has 11 heteroatoms. The zero-order valence-electron chi connectivity index (χ0n) is 16.4. The molecule has 0 unspecified atom stereocenters. The number of carbonyl (C=O) groups is 3. The fraction of sp³-hybridized carbons (Fsp3) is 0.474. The van der Waals surface area contributed by atoms with Gasteiger partial charge < -0.3 is 14.7 Å². The van der Waals surface area contributed by atoms with Crippen LogP contribution in [0.4, 0.5) is 0 Å². The summed E-state index contributed by atoms with van der Waals surface area (Å²) in [5.41, 5.74) is 0.256. The van der Waals surface area contributed by atoms with Crippen molar-refractivity contribution in [1.29, 1.82) is 5.26 Å².